The first kappa shape index (κ1) is 15.2. The summed E-state index contributed by atoms with van der Waals surface area (Å²) in [5, 5.41) is 0. The molecule has 0 saturated carbocycles. The van der Waals surface area contributed by atoms with Crippen molar-refractivity contribution in [3.8, 4) is 5.75 Å². The monoisotopic (exact) mass is 327 g/mol. The Hall–Kier alpha value is -0.820. The molecule has 0 fully saturated rings. The van der Waals surface area contributed by atoms with Gasteiger partial charge in [0.05, 0.1) is 16.4 Å². The Morgan fingerprint density at radius 2 is 1.94 bits per heavy atom. The second-order valence-electron chi connectivity index (χ2n) is 4.17. The summed E-state index contributed by atoms with van der Waals surface area (Å²) < 4.78 is 48.8. The lowest BCUT2D eigenvalue weighted by Gasteiger charge is -2.27. The molecule has 7 heteroatoms. The Labute approximate surface area is 111 Å². The zero-order chi connectivity index (χ0) is 14.0. The number of ether oxygens (including phenoxy) is 2. The first-order valence-corrected chi connectivity index (χ1v) is 5.84. The van der Waals surface area contributed by atoms with E-state index in [0.29, 0.717) is 10.2 Å². The minimum atomic E-state index is -4.37. The molecule has 0 unspecified atom stereocenters. The van der Waals surface area contributed by atoms with E-state index in [9.17, 15) is 13.2 Å². The summed E-state index contributed by atoms with van der Waals surface area (Å²) in [7, 11) is 1.45. The maximum Gasteiger partial charge on any atom is 0.399 e. The van der Waals surface area contributed by atoms with Crippen molar-refractivity contribution in [3.05, 3.63) is 22.4 Å². The molecule has 1 aromatic heterocycles. The van der Waals surface area contributed by atoms with Crippen LogP contribution in [0.25, 0.3) is 0 Å². The van der Waals surface area contributed by atoms with Crippen LogP contribution in [0, 0.1) is 0 Å². The first-order valence-electron chi connectivity index (χ1n) is 5.04. The molecule has 18 heavy (non-hydrogen) atoms. The second-order valence-corrected chi connectivity index (χ2v) is 5.03. The van der Waals surface area contributed by atoms with E-state index in [1.807, 2.05) is 0 Å². The predicted molar refractivity (Wildman–Crippen MR) is 63.5 cm³/mol. The van der Waals surface area contributed by atoms with E-state index in [1.54, 1.807) is 0 Å². The van der Waals surface area contributed by atoms with Gasteiger partial charge in [-0.1, -0.05) is 0 Å². The van der Waals surface area contributed by atoms with Crippen LogP contribution in [-0.2, 0) is 10.2 Å². The van der Waals surface area contributed by atoms with Gasteiger partial charge in [0.25, 0.3) is 0 Å². The van der Waals surface area contributed by atoms with Crippen molar-refractivity contribution in [1.82, 2.24) is 4.98 Å². The van der Waals surface area contributed by atoms with Gasteiger partial charge in [-0.05, 0) is 35.8 Å². The molecule has 0 N–H and O–H groups in total. The number of hydrogen-bond acceptors (Lipinski definition) is 3. The third-order valence-electron chi connectivity index (χ3n) is 2.50. The van der Waals surface area contributed by atoms with E-state index in [4.69, 9.17) is 9.47 Å². The SMILES string of the molecule is COCOc1cnc(C(C)(C)C(F)(F)F)cc1Br. The number of alkyl halides is 3. The molecule has 0 atom stereocenters. The van der Waals surface area contributed by atoms with Gasteiger partial charge < -0.3 is 9.47 Å². The van der Waals surface area contributed by atoms with Crippen LogP contribution in [0.5, 0.6) is 5.75 Å². The summed E-state index contributed by atoms with van der Waals surface area (Å²) in [5.74, 6) is 0.332. The smallest absolute Gasteiger partial charge is 0.399 e. The highest BCUT2D eigenvalue weighted by molar-refractivity contribution is 9.10. The number of halogens is 4. The standard InChI is InChI=1S/C11H13BrF3NO2/c1-10(2,11(13,14)15)9-4-7(12)8(5-16-9)18-6-17-3/h4-5H,6H2,1-3H3. The van der Waals surface area contributed by atoms with Gasteiger partial charge in [0.2, 0.25) is 0 Å². The highest BCUT2D eigenvalue weighted by atomic mass is 79.9. The molecular weight excluding hydrogens is 315 g/mol. The Balaban J connectivity index is 3.04. The zero-order valence-electron chi connectivity index (χ0n) is 10.1. The molecule has 1 rings (SSSR count). The van der Waals surface area contributed by atoms with Crippen LogP contribution < -0.4 is 4.74 Å². The van der Waals surface area contributed by atoms with Crippen LogP contribution in [0.2, 0.25) is 0 Å². The van der Waals surface area contributed by atoms with Gasteiger partial charge in [0.1, 0.15) is 5.41 Å². The van der Waals surface area contributed by atoms with E-state index in [1.165, 1.54) is 19.4 Å². The fourth-order valence-corrected chi connectivity index (χ4v) is 1.57. The van der Waals surface area contributed by atoms with Crippen molar-refractivity contribution in [2.45, 2.75) is 25.4 Å². The second kappa shape index (κ2) is 5.44. The van der Waals surface area contributed by atoms with Gasteiger partial charge in [-0.3, -0.25) is 4.98 Å². The summed E-state index contributed by atoms with van der Waals surface area (Å²) in [4.78, 5) is 3.80. The lowest BCUT2D eigenvalue weighted by molar-refractivity contribution is -0.181. The number of nitrogens with zero attached hydrogens (tertiary/aromatic N) is 1. The average Bonchev–Trinajstić information content (AvgIpc) is 2.25. The van der Waals surface area contributed by atoms with Crippen LogP contribution >= 0.6 is 15.9 Å². The van der Waals surface area contributed by atoms with E-state index in [2.05, 4.69) is 20.9 Å². The molecule has 0 saturated heterocycles. The molecule has 1 aromatic rings. The van der Waals surface area contributed by atoms with Gasteiger partial charge in [0, 0.05) is 7.11 Å². The molecule has 1 heterocycles. The first-order chi connectivity index (χ1) is 8.20. The maximum absolute atomic E-state index is 12.8. The Bertz CT molecular complexity index is 421. The van der Waals surface area contributed by atoms with Crippen molar-refractivity contribution in [1.29, 1.82) is 0 Å². The third kappa shape index (κ3) is 3.14. The quantitative estimate of drug-likeness (QED) is 0.791. The summed E-state index contributed by atoms with van der Waals surface area (Å²) in [6.45, 7) is 2.16. The highest BCUT2D eigenvalue weighted by Crippen LogP contribution is 2.41. The van der Waals surface area contributed by atoms with Crippen LogP contribution in [0.15, 0.2) is 16.7 Å². The summed E-state index contributed by atoms with van der Waals surface area (Å²) in [6, 6.07) is 1.30. The molecule has 0 spiro atoms. The average molecular weight is 328 g/mol. The number of rotatable bonds is 4. The maximum atomic E-state index is 12.8. The van der Waals surface area contributed by atoms with Crippen molar-refractivity contribution in [2.24, 2.45) is 0 Å². The van der Waals surface area contributed by atoms with E-state index in [0.717, 1.165) is 13.8 Å². The topological polar surface area (TPSA) is 31.4 Å². The third-order valence-corrected chi connectivity index (χ3v) is 3.12. The molecule has 0 bridgehead atoms. The van der Waals surface area contributed by atoms with E-state index >= 15 is 0 Å². The Kier molecular flexibility index (Phi) is 4.61. The minimum absolute atomic E-state index is 0.00227. The van der Waals surface area contributed by atoms with Gasteiger partial charge >= 0.3 is 6.18 Å². The molecule has 0 aliphatic carbocycles. The Morgan fingerprint density at radius 1 is 1.33 bits per heavy atom. The van der Waals surface area contributed by atoms with Crippen LogP contribution in [0.1, 0.15) is 19.5 Å². The van der Waals surface area contributed by atoms with Crippen LogP contribution in [0.3, 0.4) is 0 Å². The van der Waals surface area contributed by atoms with Crippen molar-refractivity contribution < 1.29 is 22.6 Å². The summed E-state index contributed by atoms with van der Waals surface area (Å²) >= 11 is 3.15. The van der Waals surface area contributed by atoms with Gasteiger partial charge in [-0.2, -0.15) is 13.2 Å². The summed E-state index contributed by atoms with van der Waals surface area (Å²) in [6.07, 6.45) is -3.12. The Morgan fingerprint density at radius 3 is 2.39 bits per heavy atom. The summed E-state index contributed by atoms with van der Waals surface area (Å²) in [5.41, 5.74) is -2.10. The molecule has 102 valence electrons. The van der Waals surface area contributed by atoms with Crippen LogP contribution in [-0.4, -0.2) is 25.1 Å². The molecule has 0 aliphatic rings. The zero-order valence-corrected chi connectivity index (χ0v) is 11.7. The molecule has 0 aromatic carbocycles. The van der Waals surface area contributed by atoms with E-state index in [-0.39, 0.29) is 12.5 Å². The van der Waals surface area contributed by atoms with E-state index < -0.39 is 11.6 Å². The van der Waals surface area contributed by atoms with Gasteiger partial charge in [-0.15, -0.1) is 0 Å². The molecule has 0 aliphatic heterocycles. The fourth-order valence-electron chi connectivity index (χ4n) is 1.13. The number of methoxy groups -OCH3 is 1. The largest absolute Gasteiger partial charge is 0.465 e. The van der Waals surface area contributed by atoms with Crippen molar-refractivity contribution >= 4 is 15.9 Å². The lowest BCUT2D eigenvalue weighted by Crippen LogP contribution is -2.37. The van der Waals surface area contributed by atoms with Crippen molar-refractivity contribution in [2.75, 3.05) is 13.9 Å². The fraction of sp³-hybridized carbons (Fsp3) is 0.545. The molecule has 0 amide bonds. The lowest BCUT2D eigenvalue weighted by atomic mass is 9.88. The van der Waals surface area contributed by atoms with Gasteiger partial charge in [0.15, 0.2) is 12.5 Å². The molecule has 3 nitrogen and oxygen atoms in total. The normalized spacial score (nSPS) is 12.6. The molecular formula is C11H13BrF3NO2. The van der Waals surface area contributed by atoms with Gasteiger partial charge in [-0.25, -0.2) is 0 Å². The predicted octanol–water partition coefficient (Wildman–Crippen LogP) is 3.67. The van der Waals surface area contributed by atoms with Crippen LogP contribution in [0.4, 0.5) is 13.2 Å². The number of hydrogen-bond donors (Lipinski definition) is 0. The minimum Gasteiger partial charge on any atom is -0.465 e. The van der Waals surface area contributed by atoms with Crippen molar-refractivity contribution in [3.63, 3.8) is 0 Å². The highest BCUT2D eigenvalue weighted by Gasteiger charge is 2.49. The number of pyridine rings is 1. The number of aromatic nitrogens is 1. The molecule has 0 radical (unpaired) electrons.